The molecule has 6 heteroatoms. The number of pyridine rings is 1. The molecule has 34 heavy (non-hydrogen) atoms. The van der Waals surface area contributed by atoms with Crippen molar-refractivity contribution < 1.29 is 13.8 Å². The van der Waals surface area contributed by atoms with Gasteiger partial charge in [-0.3, -0.25) is 4.98 Å². The van der Waals surface area contributed by atoms with Crippen molar-refractivity contribution in [2.75, 3.05) is 13.2 Å². The molecule has 2 saturated carbocycles. The van der Waals surface area contributed by atoms with Gasteiger partial charge in [-0.15, -0.1) is 0 Å². The van der Waals surface area contributed by atoms with Crippen LogP contribution >= 0.6 is 0 Å². The molecule has 186 valence electrons. The molecule has 1 aliphatic heterocycles. The van der Waals surface area contributed by atoms with Crippen LogP contribution in [-0.2, 0) is 4.74 Å². The summed E-state index contributed by atoms with van der Waals surface area (Å²) in [5.41, 5.74) is 5.80. The minimum absolute atomic E-state index is 0.592. The number of nitrogens with zero attached hydrogens (tertiary/aromatic N) is 3. The molecule has 6 rings (SSSR count). The van der Waals surface area contributed by atoms with Crippen LogP contribution in [0.3, 0.4) is 0 Å². The Labute approximate surface area is 204 Å². The molecule has 0 bridgehead atoms. The van der Waals surface area contributed by atoms with E-state index in [0.717, 1.165) is 48.8 Å². The van der Waals surface area contributed by atoms with Gasteiger partial charge in [-0.25, -0.2) is 0 Å². The van der Waals surface area contributed by atoms with Crippen LogP contribution in [0, 0.1) is 13.8 Å². The second-order valence-corrected chi connectivity index (χ2v) is 8.72. The lowest BCUT2D eigenvalue weighted by molar-refractivity contribution is 0.0848. The maximum absolute atomic E-state index is 5.48. The molecular weight excluding hydrogens is 426 g/mol. The molecule has 0 atom stereocenters. The molecule has 4 heterocycles. The normalized spacial score (nSPS) is 17.5. The molecule has 6 nitrogen and oxygen atoms in total. The lowest BCUT2D eigenvalue weighted by atomic mass is 9.89. The van der Waals surface area contributed by atoms with E-state index in [1.54, 1.807) is 12.4 Å². The highest BCUT2D eigenvalue weighted by molar-refractivity contribution is 5.68. The summed E-state index contributed by atoms with van der Waals surface area (Å²) in [6.07, 6.45) is 10.9. The van der Waals surface area contributed by atoms with Crippen molar-refractivity contribution in [1.29, 1.82) is 0 Å². The second-order valence-electron chi connectivity index (χ2n) is 8.72. The van der Waals surface area contributed by atoms with Gasteiger partial charge in [0.15, 0.2) is 0 Å². The molecule has 0 spiro atoms. The Morgan fingerprint density at radius 3 is 1.79 bits per heavy atom. The molecule has 3 fully saturated rings. The summed E-state index contributed by atoms with van der Waals surface area (Å²) in [5, 5.41) is 8.20. The highest BCUT2D eigenvalue weighted by atomic mass is 16.5. The third kappa shape index (κ3) is 6.35. The van der Waals surface area contributed by atoms with E-state index in [0.29, 0.717) is 17.8 Å². The molecule has 0 unspecified atom stereocenters. The Bertz CT molecular complexity index is 982. The first kappa shape index (κ1) is 26.1. The average Bonchev–Trinajstić information content (AvgIpc) is 3.84. The minimum atomic E-state index is 0.592. The summed E-state index contributed by atoms with van der Waals surface area (Å²) >= 11 is 0. The first-order chi connectivity index (χ1) is 16.7. The topological polar surface area (TPSA) is 74.2 Å². The molecule has 3 aromatic heterocycles. The molecule has 3 aliphatic rings. The molecule has 2 aliphatic carbocycles. The molecule has 0 aromatic carbocycles. The summed E-state index contributed by atoms with van der Waals surface area (Å²) in [4.78, 5) is 4.02. The zero-order chi connectivity index (χ0) is 24.5. The van der Waals surface area contributed by atoms with Gasteiger partial charge in [0, 0.05) is 48.6 Å². The maximum atomic E-state index is 5.48. The Morgan fingerprint density at radius 1 is 0.676 bits per heavy atom. The Morgan fingerprint density at radius 2 is 1.21 bits per heavy atom. The van der Waals surface area contributed by atoms with E-state index in [2.05, 4.69) is 22.2 Å². The van der Waals surface area contributed by atoms with Gasteiger partial charge >= 0.3 is 0 Å². The highest BCUT2D eigenvalue weighted by Gasteiger charge is 2.34. The molecular formula is C28H41N3O3. The Balaban J connectivity index is 0.000000167. The standard InChI is InChI=1S/C12H12N2O.C12H17NO2.2C2H6/c1-8-11(9-4-6-13-7-5-9)12(15-14-8)10-2-3-10;1-8-11(9-4-6-14-7-5-9)12(15-13-8)10-2-3-10;2*1-2/h4-7,10H,2-3H2,1H3;9-10H,2-7H2,1H3;2*1-2H3. The first-order valence-electron chi connectivity index (χ1n) is 13.1. The van der Waals surface area contributed by atoms with Crippen LogP contribution < -0.4 is 0 Å². The van der Waals surface area contributed by atoms with Crippen molar-refractivity contribution in [2.45, 2.75) is 97.8 Å². The monoisotopic (exact) mass is 467 g/mol. The van der Waals surface area contributed by atoms with Gasteiger partial charge in [0.1, 0.15) is 11.5 Å². The van der Waals surface area contributed by atoms with Crippen LogP contribution in [0.4, 0.5) is 0 Å². The minimum Gasteiger partial charge on any atom is -0.381 e. The van der Waals surface area contributed by atoms with E-state index in [-0.39, 0.29) is 0 Å². The first-order valence-corrected chi connectivity index (χ1v) is 13.1. The quantitative estimate of drug-likeness (QED) is 0.391. The van der Waals surface area contributed by atoms with E-state index in [1.165, 1.54) is 42.6 Å². The fraction of sp³-hybridized carbons (Fsp3) is 0.607. The van der Waals surface area contributed by atoms with Crippen LogP contribution in [0.1, 0.15) is 112 Å². The fourth-order valence-corrected chi connectivity index (χ4v) is 4.40. The van der Waals surface area contributed by atoms with E-state index in [1.807, 2.05) is 46.8 Å². The molecule has 3 aromatic rings. The Kier molecular flexibility index (Phi) is 9.87. The molecule has 0 N–H and O–H groups in total. The van der Waals surface area contributed by atoms with Crippen molar-refractivity contribution in [2.24, 2.45) is 0 Å². The van der Waals surface area contributed by atoms with Gasteiger partial charge in [-0.1, -0.05) is 38.0 Å². The van der Waals surface area contributed by atoms with Crippen LogP contribution in [0.2, 0.25) is 0 Å². The summed E-state index contributed by atoms with van der Waals surface area (Å²) in [7, 11) is 0. The van der Waals surface area contributed by atoms with Crippen molar-refractivity contribution in [3.8, 4) is 11.1 Å². The lowest BCUT2D eigenvalue weighted by Crippen LogP contribution is -2.15. The van der Waals surface area contributed by atoms with Gasteiger partial charge in [0.25, 0.3) is 0 Å². The summed E-state index contributed by atoms with van der Waals surface area (Å²) < 4.78 is 16.3. The van der Waals surface area contributed by atoms with Gasteiger partial charge in [0.2, 0.25) is 0 Å². The summed E-state index contributed by atoms with van der Waals surface area (Å²) in [6, 6.07) is 4.01. The SMILES string of the molecule is CC.CC.Cc1noc(C2CC2)c1-c1ccncc1.Cc1noc(C2CC2)c1C1CCOCC1. The molecule has 0 amide bonds. The van der Waals surface area contributed by atoms with Gasteiger partial charge in [-0.05, 0) is 76.0 Å². The number of hydrogen-bond acceptors (Lipinski definition) is 6. The van der Waals surface area contributed by atoms with Crippen LogP contribution in [0.15, 0.2) is 33.6 Å². The van der Waals surface area contributed by atoms with E-state index in [4.69, 9.17) is 13.8 Å². The fourth-order valence-electron chi connectivity index (χ4n) is 4.40. The maximum Gasteiger partial charge on any atom is 0.147 e. The smallest absolute Gasteiger partial charge is 0.147 e. The third-order valence-corrected chi connectivity index (χ3v) is 6.32. The largest absolute Gasteiger partial charge is 0.381 e. The van der Waals surface area contributed by atoms with Crippen LogP contribution in [-0.4, -0.2) is 28.5 Å². The lowest BCUT2D eigenvalue weighted by Gasteiger charge is -2.22. The summed E-state index contributed by atoms with van der Waals surface area (Å²) in [5.74, 6) is 4.12. The van der Waals surface area contributed by atoms with Crippen molar-refractivity contribution in [3.05, 3.63) is 53.0 Å². The third-order valence-electron chi connectivity index (χ3n) is 6.32. The summed E-state index contributed by atoms with van der Waals surface area (Å²) in [6.45, 7) is 13.8. The number of aryl methyl sites for hydroxylation is 2. The Hall–Kier alpha value is -2.47. The zero-order valence-corrected chi connectivity index (χ0v) is 21.8. The van der Waals surface area contributed by atoms with E-state index in [9.17, 15) is 0 Å². The number of aromatic nitrogens is 3. The van der Waals surface area contributed by atoms with E-state index >= 15 is 0 Å². The van der Waals surface area contributed by atoms with Crippen LogP contribution in [0.25, 0.3) is 11.1 Å². The second kappa shape index (κ2) is 12.8. The number of hydrogen-bond donors (Lipinski definition) is 0. The number of ether oxygens (including phenoxy) is 1. The van der Waals surface area contributed by atoms with Gasteiger partial charge in [0.05, 0.1) is 11.4 Å². The van der Waals surface area contributed by atoms with Crippen molar-refractivity contribution in [3.63, 3.8) is 0 Å². The van der Waals surface area contributed by atoms with E-state index < -0.39 is 0 Å². The van der Waals surface area contributed by atoms with Crippen LogP contribution in [0.5, 0.6) is 0 Å². The van der Waals surface area contributed by atoms with Gasteiger partial charge in [-0.2, -0.15) is 0 Å². The van der Waals surface area contributed by atoms with Crippen molar-refractivity contribution in [1.82, 2.24) is 15.3 Å². The van der Waals surface area contributed by atoms with Crippen molar-refractivity contribution >= 4 is 0 Å². The number of rotatable bonds is 4. The molecule has 1 saturated heterocycles. The molecule has 0 radical (unpaired) electrons. The predicted octanol–water partition coefficient (Wildman–Crippen LogP) is 7.73. The predicted molar refractivity (Wildman–Crippen MR) is 135 cm³/mol. The average molecular weight is 468 g/mol. The highest BCUT2D eigenvalue weighted by Crippen LogP contribution is 2.46. The van der Waals surface area contributed by atoms with Gasteiger partial charge < -0.3 is 13.8 Å². The zero-order valence-electron chi connectivity index (χ0n) is 21.8.